The molecule has 0 saturated carbocycles. The van der Waals surface area contributed by atoms with Crippen molar-refractivity contribution in [3.05, 3.63) is 60.1 Å². The smallest absolute Gasteiger partial charge is 0.252 e. The Bertz CT molecular complexity index is 1280. The second kappa shape index (κ2) is 7.50. The van der Waals surface area contributed by atoms with Crippen molar-refractivity contribution < 1.29 is 13.2 Å². The van der Waals surface area contributed by atoms with Crippen LogP contribution in [-0.4, -0.2) is 47.5 Å². The van der Waals surface area contributed by atoms with Crippen LogP contribution in [0.3, 0.4) is 0 Å². The van der Waals surface area contributed by atoms with Gasteiger partial charge in [0.25, 0.3) is 10.0 Å². The molecule has 5 rings (SSSR count). The van der Waals surface area contributed by atoms with Gasteiger partial charge in [0, 0.05) is 24.8 Å². The quantitative estimate of drug-likeness (QED) is 0.472. The minimum absolute atomic E-state index is 0.0447. The van der Waals surface area contributed by atoms with Crippen LogP contribution in [0.2, 0.25) is 0 Å². The lowest BCUT2D eigenvalue weighted by atomic mass is 10.2. The zero-order valence-corrected chi connectivity index (χ0v) is 17.9. The molecule has 0 aliphatic carbocycles. The van der Waals surface area contributed by atoms with Gasteiger partial charge in [-0.2, -0.15) is 4.31 Å². The highest BCUT2D eigenvalue weighted by atomic mass is 32.2. The third kappa shape index (κ3) is 3.19. The van der Waals surface area contributed by atoms with Crippen molar-refractivity contribution in [3.63, 3.8) is 0 Å². The van der Waals surface area contributed by atoms with Crippen LogP contribution in [-0.2, 0) is 10.0 Å². The van der Waals surface area contributed by atoms with Gasteiger partial charge in [-0.15, -0.1) is 11.3 Å². The van der Waals surface area contributed by atoms with E-state index in [2.05, 4.69) is 9.55 Å². The maximum atomic E-state index is 13.0. The fourth-order valence-corrected chi connectivity index (χ4v) is 6.53. The number of aromatic nitrogens is 3. The predicted octanol–water partition coefficient (Wildman–Crippen LogP) is 3.80. The van der Waals surface area contributed by atoms with Crippen LogP contribution in [0.4, 0.5) is 0 Å². The Balaban J connectivity index is 1.55. The van der Waals surface area contributed by atoms with Crippen LogP contribution >= 0.6 is 11.3 Å². The first-order valence-electron chi connectivity index (χ1n) is 9.59. The number of imidazole rings is 1. The summed E-state index contributed by atoms with van der Waals surface area (Å²) in [6.45, 7) is 0.866. The Hall–Kier alpha value is -2.75. The van der Waals surface area contributed by atoms with Gasteiger partial charge in [-0.3, -0.25) is 0 Å². The van der Waals surface area contributed by atoms with Crippen LogP contribution in [0.15, 0.2) is 64.3 Å². The van der Waals surface area contributed by atoms with Gasteiger partial charge in [0.2, 0.25) is 0 Å². The van der Waals surface area contributed by atoms with Gasteiger partial charge in [-0.1, -0.05) is 6.07 Å². The highest BCUT2D eigenvalue weighted by molar-refractivity contribution is 7.91. The van der Waals surface area contributed by atoms with Crippen molar-refractivity contribution in [1.29, 1.82) is 0 Å². The minimum Gasteiger partial charge on any atom is -0.497 e. The summed E-state index contributed by atoms with van der Waals surface area (Å²) in [6.07, 6.45) is 2.45. The lowest BCUT2D eigenvalue weighted by molar-refractivity contribution is 0.415. The fourth-order valence-electron chi connectivity index (χ4n) is 3.90. The molecule has 4 aromatic rings. The maximum Gasteiger partial charge on any atom is 0.252 e. The molecule has 1 saturated heterocycles. The van der Waals surface area contributed by atoms with E-state index in [4.69, 9.17) is 9.72 Å². The molecule has 7 nitrogen and oxygen atoms in total. The zero-order chi connectivity index (χ0) is 20.7. The largest absolute Gasteiger partial charge is 0.497 e. The Morgan fingerprint density at radius 1 is 1.13 bits per heavy atom. The monoisotopic (exact) mass is 440 g/mol. The van der Waals surface area contributed by atoms with E-state index in [0.29, 0.717) is 23.7 Å². The van der Waals surface area contributed by atoms with Crippen LogP contribution in [0.25, 0.3) is 22.6 Å². The Labute approximate surface area is 178 Å². The summed E-state index contributed by atoms with van der Waals surface area (Å²) < 4.78 is 35.3. The normalized spacial score (nSPS) is 17.6. The van der Waals surface area contributed by atoms with Crippen molar-refractivity contribution in [2.45, 2.75) is 16.7 Å². The number of methoxy groups -OCH3 is 1. The molecule has 1 fully saturated rings. The van der Waals surface area contributed by atoms with Crippen molar-refractivity contribution in [3.8, 4) is 17.1 Å². The lowest BCUT2D eigenvalue weighted by Crippen LogP contribution is -2.28. The zero-order valence-electron chi connectivity index (χ0n) is 16.3. The van der Waals surface area contributed by atoms with E-state index in [1.54, 1.807) is 35.1 Å². The Morgan fingerprint density at radius 2 is 1.97 bits per heavy atom. The molecule has 0 bridgehead atoms. The summed E-state index contributed by atoms with van der Waals surface area (Å²) in [5, 5.41) is 1.79. The van der Waals surface area contributed by atoms with Crippen LogP contribution in [0, 0.1) is 0 Å². The number of ether oxygens (including phenoxy) is 1. The second-order valence-corrected chi connectivity index (χ2v) is 10.2. The van der Waals surface area contributed by atoms with Gasteiger partial charge < -0.3 is 9.30 Å². The van der Waals surface area contributed by atoms with E-state index >= 15 is 0 Å². The summed E-state index contributed by atoms with van der Waals surface area (Å²) in [5.41, 5.74) is 2.50. The van der Waals surface area contributed by atoms with Crippen molar-refractivity contribution in [1.82, 2.24) is 18.8 Å². The number of hydrogen-bond acceptors (Lipinski definition) is 6. The van der Waals surface area contributed by atoms with E-state index < -0.39 is 10.0 Å². The van der Waals surface area contributed by atoms with Gasteiger partial charge in [0.05, 0.1) is 13.2 Å². The molecule has 4 heterocycles. The summed E-state index contributed by atoms with van der Waals surface area (Å²) in [7, 11) is -1.84. The molecule has 1 aliphatic rings. The minimum atomic E-state index is -3.48. The number of pyridine rings is 1. The van der Waals surface area contributed by atoms with E-state index in [1.165, 1.54) is 11.3 Å². The van der Waals surface area contributed by atoms with Gasteiger partial charge in [0.1, 0.15) is 21.3 Å². The van der Waals surface area contributed by atoms with Gasteiger partial charge in [0.15, 0.2) is 5.65 Å². The van der Waals surface area contributed by atoms with Crippen LogP contribution < -0.4 is 4.74 Å². The first kappa shape index (κ1) is 19.2. The summed E-state index contributed by atoms with van der Waals surface area (Å²) in [5.74, 6) is 1.56. The Kier molecular flexibility index (Phi) is 4.80. The molecule has 1 aromatic carbocycles. The average Bonchev–Trinajstić information content (AvgIpc) is 3.53. The molecular weight excluding hydrogens is 420 g/mol. The topological polar surface area (TPSA) is 77.3 Å². The predicted molar refractivity (Wildman–Crippen MR) is 116 cm³/mol. The van der Waals surface area contributed by atoms with E-state index in [-0.39, 0.29) is 6.04 Å². The van der Waals surface area contributed by atoms with E-state index in [1.807, 2.05) is 36.4 Å². The molecule has 30 heavy (non-hydrogen) atoms. The number of nitrogens with zero attached hydrogens (tertiary/aromatic N) is 4. The van der Waals surface area contributed by atoms with E-state index in [9.17, 15) is 8.42 Å². The van der Waals surface area contributed by atoms with Gasteiger partial charge >= 0.3 is 0 Å². The molecule has 0 amide bonds. The molecule has 3 aromatic heterocycles. The van der Waals surface area contributed by atoms with Crippen molar-refractivity contribution >= 4 is 32.5 Å². The number of fused-ring (bicyclic) bond motifs is 1. The van der Waals surface area contributed by atoms with Crippen molar-refractivity contribution in [2.24, 2.45) is 0 Å². The van der Waals surface area contributed by atoms with Gasteiger partial charge in [-0.05, 0) is 54.3 Å². The number of hydrogen-bond donors (Lipinski definition) is 0. The van der Waals surface area contributed by atoms with Crippen LogP contribution in [0.5, 0.6) is 5.75 Å². The lowest BCUT2D eigenvalue weighted by Gasteiger charge is -2.18. The Morgan fingerprint density at radius 3 is 2.70 bits per heavy atom. The SMILES string of the molecule is COc1ccc(-c2nc3cccnc3n2[C@H]2CCN(S(=O)(=O)c3cccs3)C2)cc1. The van der Waals surface area contributed by atoms with Crippen LogP contribution in [0.1, 0.15) is 12.5 Å². The first-order chi connectivity index (χ1) is 14.6. The standard InChI is InChI=1S/C21H20N4O3S2/c1-28-17-8-6-15(7-9-17)20-23-18-4-2-11-22-21(18)25(20)16-10-12-24(14-16)30(26,27)19-5-3-13-29-19/h2-9,11,13,16H,10,12,14H2,1H3/t16-/m0/s1. The molecule has 0 spiro atoms. The number of sulfonamides is 1. The average molecular weight is 441 g/mol. The summed E-state index contributed by atoms with van der Waals surface area (Å²) in [6, 6.07) is 14.9. The number of rotatable bonds is 5. The molecule has 1 aliphatic heterocycles. The maximum absolute atomic E-state index is 13.0. The highest BCUT2D eigenvalue weighted by Gasteiger charge is 2.35. The summed E-state index contributed by atoms with van der Waals surface area (Å²) >= 11 is 1.25. The molecule has 0 N–H and O–H groups in total. The van der Waals surface area contributed by atoms with E-state index in [0.717, 1.165) is 28.3 Å². The second-order valence-electron chi connectivity index (χ2n) is 7.12. The molecule has 1 atom stereocenters. The molecule has 0 unspecified atom stereocenters. The van der Waals surface area contributed by atoms with Crippen molar-refractivity contribution in [2.75, 3.05) is 20.2 Å². The molecule has 9 heteroatoms. The number of thiophene rings is 1. The molecule has 0 radical (unpaired) electrons. The molecule has 154 valence electrons. The highest BCUT2D eigenvalue weighted by Crippen LogP contribution is 2.35. The fraction of sp³-hybridized carbons (Fsp3) is 0.238. The molecular formula is C21H20N4O3S2. The third-order valence-electron chi connectivity index (χ3n) is 5.38. The third-order valence-corrected chi connectivity index (χ3v) is 8.62. The van der Waals surface area contributed by atoms with Gasteiger partial charge in [-0.25, -0.2) is 18.4 Å². The first-order valence-corrected chi connectivity index (χ1v) is 11.9. The summed E-state index contributed by atoms with van der Waals surface area (Å²) in [4.78, 5) is 9.37. The number of benzene rings is 1.